The Morgan fingerprint density at radius 1 is 0.923 bits per heavy atom. The van der Waals surface area contributed by atoms with Crippen molar-refractivity contribution in [3.05, 3.63) is 0 Å². The zero-order chi connectivity index (χ0) is 11.1. The van der Waals surface area contributed by atoms with E-state index in [1.165, 1.54) is 25.9 Å². The van der Waals surface area contributed by atoms with Gasteiger partial charge in [-0.3, -0.25) is 0 Å². The Hall–Kier alpha value is -0.0800. The minimum absolute atomic E-state index is 1.24. The average molecular weight is 190 g/mol. The molecule has 0 saturated heterocycles. The first kappa shape index (κ1) is 18.7. The van der Waals surface area contributed by atoms with Crippen molar-refractivity contribution in [1.82, 2.24) is 10.2 Å². The van der Waals surface area contributed by atoms with Crippen LogP contribution in [0, 0.1) is 0 Å². The average Bonchev–Trinajstić information content (AvgIpc) is 2.10. The van der Waals surface area contributed by atoms with E-state index < -0.39 is 0 Å². The molecule has 13 heavy (non-hydrogen) atoms. The van der Waals surface area contributed by atoms with Crippen LogP contribution in [-0.4, -0.2) is 39.1 Å². The molecule has 0 bridgehead atoms. The molecular formula is C11H30N2. The van der Waals surface area contributed by atoms with E-state index in [0.717, 1.165) is 0 Å². The molecule has 0 atom stereocenters. The summed E-state index contributed by atoms with van der Waals surface area (Å²) >= 11 is 0. The summed E-state index contributed by atoms with van der Waals surface area (Å²) in [7, 11) is 5.92. The summed E-state index contributed by atoms with van der Waals surface area (Å²) in [5.41, 5.74) is 0. The van der Waals surface area contributed by atoms with Crippen LogP contribution in [0.3, 0.4) is 0 Å². The van der Waals surface area contributed by atoms with Gasteiger partial charge in [-0.25, -0.2) is 0 Å². The van der Waals surface area contributed by atoms with E-state index in [0.29, 0.717) is 0 Å². The summed E-state index contributed by atoms with van der Waals surface area (Å²) < 4.78 is 0. The van der Waals surface area contributed by atoms with Gasteiger partial charge in [0, 0.05) is 0 Å². The third kappa shape index (κ3) is 33.5. The lowest BCUT2D eigenvalue weighted by molar-refractivity contribution is 0.335. The van der Waals surface area contributed by atoms with E-state index in [1.54, 1.807) is 0 Å². The number of nitrogens with zero attached hydrogens (tertiary/aromatic N) is 1. The first-order chi connectivity index (χ1) is 6.22. The zero-order valence-electron chi connectivity index (χ0n) is 10.8. The van der Waals surface area contributed by atoms with E-state index in [9.17, 15) is 0 Å². The third-order valence-corrected chi connectivity index (χ3v) is 1.21. The molecule has 2 heteroatoms. The highest BCUT2D eigenvalue weighted by atomic mass is 15.1. The summed E-state index contributed by atoms with van der Waals surface area (Å²) in [4.78, 5) is 2.36. The fraction of sp³-hybridized carbons (Fsp3) is 1.00. The first-order valence-electron chi connectivity index (χ1n) is 5.49. The van der Waals surface area contributed by atoms with Crippen molar-refractivity contribution in [2.75, 3.05) is 34.2 Å². The maximum absolute atomic E-state index is 2.75. The molecule has 2 nitrogen and oxygen atoms in total. The Morgan fingerprint density at radius 3 is 1.31 bits per heavy atom. The maximum atomic E-state index is 2.75. The van der Waals surface area contributed by atoms with Gasteiger partial charge in [-0.05, 0) is 47.1 Å². The van der Waals surface area contributed by atoms with Crippen LogP contribution in [0.2, 0.25) is 0 Å². The van der Waals surface area contributed by atoms with Crippen LogP contribution in [0.4, 0.5) is 0 Å². The Morgan fingerprint density at radius 2 is 1.15 bits per heavy atom. The highest BCUT2D eigenvalue weighted by molar-refractivity contribution is 4.45. The molecule has 1 N–H and O–H groups in total. The lowest BCUT2D eigenvalue weighted by Crippen LogP contribution is -2.19. The molecule has 0 radical (unpaired) electrons. The third-order valence-electron chi connectivity index (χ3n) is 1.21. The summed E-state index contributed by atoms with van der Waals surface area (Å²) in [6.07, 6.45) is 2.55. The molecular weight excluding hydrogens is 160 g/mol. The van der Waals surface area contributed by atoms with Crippen molar-refractivity contribution in [2.24, 2.45) is 0 Å². The van der Waals surface area contributed by atoms with Crippen molar-refractivity contribution in [3.8, 4) is 0 Å². The topological polar surface area (TPSA) is 15.3 Å². The second-order valence-electron chi connectivity index (χ2n) is 2.80. The van der Waals surface area contributed by atoms with Gasteiger partial charge < -0.3 is 10.2 Å². The fourth-order valence-electron chi connectivity index (χ4n) is 0.875. The number of hydrogen-bond acceptors (Lipinski definition) is 2. The lowest BCUT2D eigenvalue weighted by Gasteiger charge is -2.12. The quantitative estimate of drug-likeness (QED) is 0.733. The Labute approximate surface area is 85.7 Å². The molecule has 0 aliphatic rings. The monoisotopic (exact) mass is 190 g/mol. The van der Waals surface area contributed by atoms with E-state index in [1.807, 2.05) is 27.9 Å². The molecule has 0 amide bonds. The molecule has 0 fully saturated rings. The number of nitrogens with one attached hydrogen (secondary N) is 1. The van der Waals surface area contributed by atoms with Gasteiger partial charge in [0.2, 0.25) is 0 Å². The highest BCUT2D eigenvalue weighted by Crippen LogP contribution is 1.86. The predicted molar refractivity (Wildman–Crippen MR) is 64.4 cm³/mol. The van der Waals surface area contributed by atoms with E-state index in [2.05, 4.69) is 31.1 Å². The van der Waals surface area contributed by atoms with Gasteiger partial charge in [0.1, 0.15) is 0 Å². The number of hydrogen-bond donors (Lipinski definition) is 1. The van der Waals surface area contributed by atoms with E-state index >= 15 is 0 Å². The van der Waals surface area contributed by atoms with Gasteiger partial charge in [-0.2, -0.15) is 0 Å². The zero-order valence-corrected chi connectivity index (χ0v) is 10.8. The Kier molecular flexibility index (Phi) is 32.5. The normalized spacial score (nSPS) is 8.31. The van der Waals surface area contributed by atoms with E-state index in [-0.39, 0.29) is 0 Å². The Bertz CT molecular complexity index is 50.1. The molecule has 0 heterocycles. The van der Waals surface area contributed by atoms with Crippen molar-refractivity contribution in [3.63, 3.8) is 0 Å². The molecule has 0 aliphatic carbocycles. The molecule has 0 aromatic rings. The largest absolute Gasteiger partial charge is 0.323 e. The van der Waals surface area contributed by atoms with Gasteiger partial charge in [-0.1, -0.05) is 27.7 Å². The predicted octanol–water partition coefficient (Wildman–Crippen LogP) is 2.60. The lowest BCUT2D eigenvalue weighted by atomic mass is 10.4. The molecule has 84 valence electrons. The van der Waals surface area contributed by atoms with Crippen LogP contribution in [0.1, 0.15) is 40.5 Å². The minimum Gasteiger partial charge on any atom is -0.323 e. The fourth-order valence-corrected chi connectivity index (χ4v) is 0.875. The first-order valence-corrected chi connectivity index (χ1v) is 5.49. The van der Waals surface area contributed by atoms with Crippen molar-refractivity contribution in [2.45, 2.75) is 40.5 Å². The molecule has 0 aromatic heterocycles. The second kappa shape index (κ2) is 22.7. The molecule has 0 unspecified atom stereocenters. The van der Waals surface area contributed by atoms with Crippen LogP contribution < -0.4 is 5.32 Å². The summed E-state index contributed by atoms with van der Waals surface area (Å²) in [6.45, 7) is 10.9. The molecule has 0 rings (SSSR count). The van der Waals surface area contributed by atoms with Crippen LogP contribution in [0.25, 0.3) is 0 Å². The Balaban J connectivity index is -0.000000169. The van der Waals surface area contributed by atoms with Crippen molar-refractivity contribution < 1.29 is 0 Å². The SMILES string of the molecule is CC.CCCN(C)CCC.CNC. The van der Waals surface area contributed by atoms with Gasteiger partial charge in [-0.15, -0.1) is 0 Å². The smallest absolute Gasteiger partial charge is 0.00244 e. The molecule has 0 saturated carbocycles. The maximum Gasteiger partial charge on any atom is -0.00244 e. The van der Waals surface area contributed by atoms with Crippen LogP contribution in [0.15, 0.2) is 0 Å². The molecule has 0 spiro atoms. The summed E-state index contributed by atoms with van der Waals surface area (Å²) in [5.74, 6) is 0. The highest BCUT2D eigenvalue weighted by Gasteiger charge is 1.90. The van der Waals surface area contributed by atoms with E-state index in [4.69, 9.17) is 0 Å². The van der Waals surface area contributed by atoms with Gasteiger partial charge in [0.05, 0.1) is 0 Å². The van der Waals surface area contributed by atoms with Crippen molar-refractivity contribution >= 4 is 0 Å². The van der Waals surface area contributed by atoms with Crippen molar-refractivity contribution in [1.29, 1.82) is 0 Å². The van der Waals surface area contributed by atoms with Gasteiger partial charge in [0.25, 0.3) is 0 Å². The van der Waals surface area contributed by atoms with Gasteiger partial charge >= 0.3 is 0 Å². The standard InChI is InChI=1S/C7H17N.C2H7N.C2H6/c1-4-6-8(3)7-5-2;1-3-2;1-2/h4-7H2,1-3H3;3H,1-2H3;1-2H3. The van der Waals surface area contributed by atoms with Gasteiger partial charge in [0.15, 0.2) is 0 Å². The summed E-state index contributed by atoms with van der Waals surface area (Å²) in [5, 5.41) is 2.75. The van der Waals surface area contributed by atoms with Crippen LogP contribution in [-0.2, 0) is 0 Å². The molecule has 0 aromatic carbocycles. The second-order valence-corrected chi connectivity index (χ2v) is 2.80. The summed E-state index contributed by atoms with van der Waals surface area (Å²) in [6, 6.07) is 0. The van der Waals surface area contributed by atoms with Crippen LogP contribution in [0.5, 0.6) is 0 Å². The van der Waals surface area contributed by atoms with Crippen LogP contribution >= 0.6 is 0 Å². The minimum atomic E-state index is 1.24. The molecule has 0 aliphatic heterocycles. The number of rotatable bonds is 4.